The van der Waals surface area contributed by atoms with Crippen LogP contribution in [0.2, 0.25) is 0 Å². The van der Waals surface area contributed by atoms with Crippen molar-refractivity contribution in [3.8, 4) is 11.3 Å². The van der Waals surface area contributed by atoms with E-state index in [0.29, 0.717) is 0 Å². The van der Waals surface area contributed by atoms with Crippen molar-refractivity contribution in [3.05, 3.63) is 127 Å². The summed E-state index contributed by atoms with van der Waals surface area (Å²) in [5.41, 5.74) is 4.30. The van der Waals surface area contributed by atoms with Gasteiger partial charge in [0.25, 0.3) is 0 Å². The number of rotatable bonds is 4. The molecule has 0 spiro atoms. The highest BCUT2D eigenvalue weighted by atomic mass is 31.1. The molecule has 0 saturated carbocycles. The highest BCUT2D eigenvalue weighted by molar-refractivity contribution is 7.31. The largest absolute Gasteiger partial charge is 0.399 e. The van der Waals surface area contributed by atoms with Crippen LogP contribution in [0, 0.1) is 0 Å². The van der Waals surface area contributed by atoms with Crippen LogP contribution < -0.4 is 4.52 Å². The average molecular weight is 500 g/mol. The van der Waals surface area contributed by atoms with Crippen LogP contribution in [-0.2, 0) is 6.61 Å². The molecule has 0 aliphatic heterocycles. The highest BCUT2D eigenvalue weighted by Gasteiger charge is 2.13. The van der Waals surface area contributed by atoms with Crippen molar-refractivity contribution in [1.29, 1.82) is 0 Å². The number of fused-ring (bicyclic) bond motifs is 7. The molecule has 0 aliphatic carbocycles. The first kappa shape index (κ1) is 21.9. The van der Waals surface area contributed by atoms with E-state index < -0.39 is 8.24 Å². The molecule has 2 heterocycles. The van der Waals surface area contributed by atoms with E-state index in [9.17, 15) is 0 Å². The zero-order valence-corrected chi connectivity index (χ0v) is 20.8. The third-order valence-corrected chi connectivity index (χ3v) is 7.60. The van der Waals surface area contributed by atoms with Crippen molar-refractivity contribution in [2.75, 3.05) is 0 Å². The molecular formula is C32H22NO3P. The number of nitrogens with zero attached hydrogens (tertiary/aromatic N) is 1. The summed E-state index contributed by atoms with van der Waals surface area (Å²) in [7, 11) is -1.71. The van der Waals surface area contributed by atoms with Crippen LogP contribution in [0.1, 0.15) is 5.69 Å². The van der Waals surface area contributed by atoms with Gasteiger partial charge in [0.15, 0.2) is 0 Å². The van der Waals surface area contributed by atoms with Crippen LogP contribution in [0.3, 0.4) is 0 Å². The minimum atomic E-state index is -1.71. The molecule has 5 heteroatoms. The lowest BCUT2D eigenvalue weighted by atomic mass is 9.99. The Kier molecular flexibility index (Phi) is 5.47. The molecule has 0 bridgehead atoms. The van der Waals surface area contributed by atoms with Crippen molar-refractivity contribution in [2.24, 2.45) is 0 Å². The van der Waals surface area contributed by atoms with E-state index in [2.05, 4.69) is 72.8 Å². The van der Waals surface area contributed by atoms with Crippen molar-refractivity contribution in [3.63, 3.8) is 0 Å². The van der Waals surface area contributed by atoms with E-state index >= 15 is 0 Å². The fourth-order valence-electron chi connectivity index (χ4n) is 4.85. The molecule has 0 atom stereocenters. The molecule has 0 amide bonds. The number of hydrogen-bond acceptors (Lipinski definition) is 4. The summed E-state index contributed by atoms with van der Waals surface area (Å²) in [4.78, 5) is 4.80. The van der Waals surface area contributed by atoms with E-state index in [1.165, 1.54) is 0 Å². The monoisotopic (exact) mass is 499 g/mol. The number of benzene rings is 5. The van der Waals surface area contributed by atoms with Gasteiger partial charge in [0, 0.05) is 16.3 Å². The van der Waals surface area contributed by atoms with Gasteiger partial charge in [-0.2, -0.15) is 0 Å². The lowest BCUT2D eigenvalue weighted by Crippen LogP contribution is -1.97. The second kappa shape index (κ2) is 9.25. The first-order valence-corrected chi connectivity index (χ1v) is 13.3. The molecule has 0 unspecified atom stereocenters. The number of hydrogen-bond donors (Lipinski definition) is 0. The maximum Gasteiger partial charge on any atom is 0.387 e. The third kappa shape index (κ3) is 4.07. The van der Waals surface area contributed by atoms with Crippen molar-refractivity contribution < 1.29 is 12.9 Å². The Morgan fingerprint density at radius 2 is 1.16 bits per heavy atom. The van der Waals surface area contributed by atoms with E-state index in [4.69, 9.17) is 17.9 Å². The van der Waals surface area contributed by atoms with Crippen LogP contribution in [-0.4, -0.2) is 4.98 Å². The second-order valence-corrected chi connectivity index (χ2v) is 9.95. The van der Waals surface area contributed by atoms with Gasteiger partial charge in [-0.1, -0.05) is 97.1 Å². The zero-order valence-electron chi connectivity index (χ0n) is 19.9. The summed E-state index contributed by atoms with van der Waals surface area (Å²) in [5.74, 6) is 0. The molecule has 178 valence electrons. The Morgan fingerprint density at radius 3 is 1.81 bits per heavy atom. The summed E-state index contributed by atoms with van der Waals surface area (Å²) in [6, 6.07) is 41.1. The zero-order chi connectivity index (χ0) is 24.6. The molecule has 0 aliphatic rings. The van der Waals surface area contributed by atoms with Crippen molar-refractivity contribution in [1.82, 2.24) is 4.98 Å². The lowest BCUT2D eigenvalue weighted by molar-refractivity contribution is 0.359. The Morgan fingerprint density at radius 1 is 0.568 bits per heavy atom. The first-order valence-electron chi connectivity index (χ1n) is 12.2. The molecule has 4 nitrogen and oxygen atoms in total. The van der Waals surface area contributed by atoms with Crippen LogP contribution in [0.15, 0.2) is 130 Å². The van der Waals surface area contributed by atoms with Gasteiger partial charge in [0.05, 0.1) is 11.4 Å². The molecular weight excluding hydrogens is 477 g/mol. The molecule has 2 aromatic heterocycles. The summed E-state index contributed by atoms with van der Waals surface area (Å²) in [6.07, 6.45) is 0. The standard InChI is InChI=1S/C32H22NO3P/c1-2-11-24(12-3-1)28-16-8-13-25(33-28)21-34-37-35-29-19-17-22-9-4-6-14-26(22)31(29)32-27-15-7-5-10-23(27)18-20-30(32)36-37/h1-20H,21H2. The van der Waals surface area contributed by atoms with E-state index in [0.717, 1.165) is 60.4 Å². The predicted octanol–water partition coefficient (Wildman–Crippen LogP) is 9.29. The van der Waals surface area contributed by atoms with Gasteiger partial charge in [0.1, 0.15) is 17.8 Å². The molecule has 7 aromatic rings. The SMILES string of the molecule is c1ccc(-c2cccc(COp3oc4ccc5ccccc5c4c4c(ccc5ccccc54)o3)n2)cc1. The number of pyridine rings is 1. The quantitative estimate of drug-likeness (QED) is 0.242. The Hall–Kier alpha value is -4.37. The van der Waals surface area contributed by atoms with E-state index in [-0.39, 0.29) is 6.61 Å². The minimum absolute atomic E-state index is 0.276. The van der Waals surface area contributed by atoms with Gasteiger partial charge in [-0.25, -0.2) is 0 Å². The summed E-state index contributed by atoms with van der Waals surface area (Å²) in [6.45, 7) is 0.276. The maximum absolute atomic E-state index is 6.43. The lowest BCUT2D eigenvalue weighted by Gasteiger charge is -2.05. The molecule has 0 radical (unpaired) electrons. The second-order valence-electron chi connectivity index (χ2n) is 8.88. The predicted molar refractivity (Wildman–Crippen MR) is 151 cm³/mol. The summed E-state index contributed by atoms with van der Waals surface area (Å²) >= 11 is 0. The normalized spacial score (nSPS) is 11.5. The fraction of sp³-hybridized carbons (Fsp3) is 0.0312. The van der Waals surface area contributed by atoms with E-state index in [1.54, 1.807) is 0 Å². The third-order valence-electron chi connectivity index (χ3n) is 6.57. The van der Waals surface area contributed by atoms with Crippen LogP contribution in [0.4, 0.5) is 0 Å². The van der Waals surface area contributed by atoms with Gasteiger partial charge in [-0.3, -0.25) is 9.51 Å². The van der Waals surface area contributed by atoms with Crippen molar-refractivity contribution >= 4 is 51.7 Å². The Bertz CT molecular complexity index is 1850. The maximum atomic E-state index is 6.43. The molecule has 0 saturated heterocycles. The molecule has 7 rings (SSSR count). The van der Waals surface area contributed by atoms with Crippen LogP contribution in [0.25, 0.3) is 54.7 Å². The van der Waals surface area contributed by atoms with Gasteiger partial charge in [-0.05, 0) is 45.8 Å². The van der Waals surface area contributed by atoms with Crippen LogP contribution >= 0.6 is 8.24 Å². The molecule has 0 fully saturated rings. The van der Waals surface area contributed by atoms with Gasteiger partial charge in [-0.15, -0.1) is 0 Å². The molecule has 0 N–H and O–H groups in total. The van der Waals surface area contributed by atoms with Crippen molar-refractivity contribution in [2.45, 2.75) is 6.61 Å². The van der Waals surface area contributed by atoms with Gasteiger partial charge < -0.3 is 8.39 Å². The van der Waals surface area contributed by atoms with Crippen LogP contribution in [0.5, 0.6) is 0 Å². The van der Waals surface area contributed by atoms with Gasteiger partial charge >= 0.3 is 8.24 Å². The summed E-state index contributed by atoms with van der Waals surface area (Å²) in [5, 5.41) is 6.60. The molecule has 5 aromatic carbocycles. The summed E-state index contributed by atoms with van der Waals surface area (Å²) < 4.78 is 19.1. The topological polar surface area (TPSA) is 48.4 Å². The van der Waals surface area contributed by atoms with E-state index in [1.807, 2.05) is 48.5 Å². The Balaban J connectivity index is 1.39. The van der Waals surface area contributed by atoms with Gasteiger partial charge in [0.2, 0.25) is 0 Å². The number of aromatic nitrogens is 1. The minimum Gasteiger partial charge on any atom is -0.399 e. The average Bonchev–Trinajstić information content (AvgIpc) is 3.13. The fourth-order valence-corrected chi connectivity index (χ4v) is 5.86. The smallest absolute Gasteiger partial charge is 0.387 e. The Labute approximate surface area is 214 Å². The molecule has 37 heavy (non-hydrogen) atoms. The first-order chi connectivity index (χ1) is 18.3. The highest BCUT2D eigenvalue weighted by Crippen LogP contribution is 2.40.